The molecule has 1 aliphatic rings. The average molecular weight is 443 g/mol. The SMILES string of the molecule is [C-]#[N+]c1cnc2ccc(-c3c(-c4ccc(F)c(Cl)c4)ncn3[C@@H]3CCC(F)(F)C3)nn12. The van der Waals surface area contributed by atoms with Crippen LogP contribution in [0.15, 0.2) is 42.9 Å². The van der Waals surface area contributed by atoms with Gasteiger partial charge in [-0.25, -0.2) is 23.1 Å². The molecule has 0 saturated heterocycles. The Morgan fingerprint density at radius 2 is 2.03 bits per heavy atom. The molecule has 10 heteroatoms. The van der Waals surface area contributed by atoms with E-state index in [2.05, 4.69) is 19.9 Å². The maximum Gasteiger partial charge on any atom is 0.275 e. The number of alkyl halides is 2. The molecule has 6 nitrogen and oxygen atoms in total. The normalized spacial score (nSPS) is 17.8. The van der Waals surface area contributed by atoms with Crippen molar-refractivity contribution in [1.82, 2.24) is 24.1 Å². The molecule has 1 saturated carbocycles. The van der Waals surface area contributed by atoms with Gasteiger partial charge in [-0.3, -0.25) is 0 Å². The second kappa shape index (κ2) is 7.10. The number of rotatable bonds is 3. The standard InChI is InChI=1S/C21H14ClF3N6/c1-26-18-10-27-17-5-4-16(29-31(17)18)20-19(12-2-3-15(23)14(22)8-12)28-11-30(20)13-6-7-21(24,25)9-13/h2-5,8,10-11,13H,6-7,9H2/t13-/m1/s1. The number of nitrogens with zero attached hydrogens (tertiary/aromatic N) is 6. The van der Waals surface area contributed by atoms with Crippen molar-refractivity contribution in [3.63, 3.8) is 0 Å². The molecule has 0 unspecified atom stereocenters. The molecule has 0 aliphatic heterocycles. The van der Waals surface area contributed by atoms with Crippen molar-refractivity contribution >= 4 is 23.1 Å². The Hall–Kier alpha value is -3.38. The first-order chi connectivity index (χ1) is 14.9. The lowest BCUT2D eigenvalue weighted by atomic mass is 10.1. The topological polar surface area (TPSA) is 52.4 Å². The molecular weight excluding hydrogens is 429 g/mol. The number of aromatic nitrogens is 5. The maximum absolute atomic E-state index is 14.0. The first-order valence-electron chi connectivity index (χ1n) is 9.49. The van der Waals surface area contributed by atoms with Crippen molar-refractivity contribution in [3.05, 3.63) is 65.1 Å². The molecule has 1 aliphatic carbocycles. The second-order valence-corrected chi connectivity index (χ2v) is 7.85. The number of benzene rings is 1. The minimum Gasteiger partial charge on any atom is -0.360 e. The van der Waals surface area contributed by atoms with E-state index in [4.69, 9.17) is 18.2 Å². The molecule has 4 aromatic rings. The predicted octanol–water partition coefficient (Wildman–Crippen LogP) is 5.96. The largest absolute Gasteiger partial charge is 0.360 e. The van der Waals surface area contributed by atoms with E-state index in [1.807, 2.05) is 0 Å². The number of imidazole rings is 2. The molecule has 3 aromatic heterocycles. The fourth-order valence-corrected chi connectivity index (χ4v) is 4.15. The molecule has 1 aromatic carbocycles. The number of fused-ring (bicyclic) bond motifs is 1. The predicted molar refractivity (Wildman–Crippen MR) is 109 cm³/mol. The molecule has 0 spiro atoms. The molecule has 0 amide bonds. The van der Waals surface area contributed by atoms with E-state index in [0.29, 0.717) is 34.7 Å². The van der Waals surface area contributed by atoms with E-state index < -0.39 is 17.8 Å². The fraction of sp³-hybridized carbons (Fsp3) is 0.238. The summed E-state index contributed by atoms with van der Waals surface area (Å²) in [5, 5.41) is 4.46. The van der Waals surface area contributed by atoms with Gasteiger partial charge in [-0.1, -0.05) is 23.3 Å². The molecule has 0 bridgehead atoms. The van der Waals surface area contributed by atoms with Crippen LogP contribution in [0.3, 0.4) is 0 Å². The zero-order chi connectivity index (χ0) is 21.8. The van der Waals surface area contributed by atoms with E-state index in [1.54, 1.807) is 16.7 Å². The van der Waals surface area contributed by atoms with Gasteiger partial charge in [0.2, 0.25) is 11.6 Å². The highest BCUT2D eigenvalue weighted by molar-refractivity contribution is 6.31. The summed E-state index contributed by atoms with van der Waals surface area (Å²) in [6.45, 7) is 7.30. The zero-order valence-electron chi connectivity index (χ0n) is 15.9. The van der Waals surface area contributed by atoms with Crippen LogP contribution in [-0.2, 0) is 0 Å². The van der Waals surface area contributed by atoms with Crippen molar-refractivity contribution in [2.75, 3.05) is 0 Å². The Kier molecular flexibility index (Phi) is 4.48. The Balaban J connectivity index is 1.72. The van der Waals surface area contributed by atoms with Gasteiger partial charge in [0.1, 0.15) is 11.5 Å². The minimum atomic E-state index is -2.75. The summed E-state index contributed by atoms with van der Waals surface area (Å²) in [6.07, 6.45) is 2.70. The summed E-state index contributed by atoms with van der Waals surface area (Å²) in [6, 6.07) is 7.12. The summed E-state index contributed by atoms with van der Waals surface area (Å²) < 4.78 is 44.7. The number of hydrogen-bond donors (Lipinski definition) is 0. The Bertz CT molecular complexity index is 1350. The van der Waals surface area contributed by atoms with Crippen LogP contribution in [0.1, 0.15) is 25.3 Å². The molecular formula is C21H14ClF3N6. The van der Waals surface area contributed by atoms with Crippen molar-refractivity contribution < 1.29 is 13.2 Å². The Morgan fingerprint density at radius 1 is 1.19 bits per heavy atom. The van der Waals surface area contributed by atoms with Crippen LogP contribution in [-0.4, -0.2) is 30.1 Å². The van der Waals surface area contributed by atoms with Gasteiger partial charge >= 0.3 is 0 Å². The van der Waals surface area contributed by atoms with Crippen molar-refractivity contribution in [2.24, 2.45) is 0 Å². The maximum atomic E-state index is 14.0. The summed E-state index contributed by atoms with van der Waals surface area (Å²) in [4.78, 5) is 12.0. The molecule has 31 heavy (non-hydrogen) atoms. The van der Waals surface area contributed by atoms with Gasteiger partial charge in [0.25, 0.3) is 5.82 Å². The average Bonchev–Trinajstić information content (AvgIpc) is 3.45. The van der Waals surface area contributed by atoms with Gasteiger partial charge in [-0.2, -0.15) is 0 Å². The van der Waals surface area contributed by atoms with Crippen molar-refractivity contribution in [2.45, 2.75) is 31.2 Å². The summed E-state index contributed by atoms with van der Waals surface area (Å²) in [5.41, 5.74) is 2.38. The van der Waals surface area contributed by atoms with Crippen molar-refractivity contribution in [1.29, 1.82) is 0 Å². The second-order valence-electron chi connectivity index (χ2n) is 7.45. The van der Waals surface area contributed by atoms with E-state index in [-0.39, 0.29) is 23.7 Å². The lowest BCUT2D eigenvalue weighted by Gasteiger charge is -2.16. The van der Waals surface area contributed by atoms with E-state index in [0.717, 1.165) is 0 Å². The van der Waals surface area contributed by atoms with Crippen LogP contribution in [0.2, 0.25) is 5.02 Å². The molecule has 1 fully saturated rings. The highest BCUT2D eigenvalue weighted by Gasteiger charge is 2.41. The fourth-order valence-electron chi connectivity index (χ4n) is 3.97. The quantitative estimate of drug-likeness (QED) is 0.368. The van der Waals surface area contributed by atoms with E-state index >= 15 is 0 Å². The molecule has 156 valence electrons. The molecule has 1 atom stereocenters. The van der Waals surface area contributed by atoms with Gasteiger partial charge in [0.05, 0.1) is 28.9 Å². The van der Waals surface area contributed by atoms with Crippen LogP contribution >= 0.6 is 11.6 Å². The van der Waals surface area contributed by atoms with Crippen molar-refractivity contribution in [3.8, 4) is 22.6 Å². The zero-order valence-corrected chi connectivity index (χ0v) is 16.7. The van der Waals surface area contributed by atoms with Gasteiger partial charge < -0.3 is 9.41 Å². The highest BCUT2D eigenvalue weighted by atomic mass is 35.5. The molecule has 5 rings (SSSR count). The Morgan fingerprint density at radius 3 is 2.74 bits per heavy atom. The van der Waals surface area contributed by atoms with Gasteiger partial charge in [-0.05, 0) is 30.7 Å². The van der Waals surface area contributed by atoms with E-state index in [9.17, 15) is 13.2 Å². The lowest BCUT2D eigenvalue weighted by Crippen LogP contribution is -2.13. The third-order valence-corrected chi connectivity index (χ3v) is 5.75. The van der Waals surface area contributed by atoms with Crippen LogP contribution < -0.4 is 0 Å². The smallest absolute Gasteiger partial charge is 0.275 e. The highest BCUT2D eigenvalue weighted by Crippen LogP contribution is 2.44. The molecule has 0 N–H and O–H groups in total. The van der Waals surface area contributed by atoms with Crippen LogP contribution in [0.25, 0.3) is 33.1 Å². The molecule has 3 heterocycles. The van der Waals surface area contributed by atoms with Crippen LogP contribution in [0, 0.1) is 12.4 Å². The first-order valence-corrected chi connectivity index (χ1v) is 9.87. The first kappa shape index (κ1) is 19.6. The van der Waals surface area contributed by atoms with Gasteiger partial charge in [0, 0.05) is 30.5 Å². The number of halogens is 4. The Labute approximate surface area is 179 Å². The lowest BCUT2D eigenvalue weighted by molar-refractivity contribution is 0.00569. The van der Waals surface area contributed by atoms with Crippen LogP contribution in [0.4, 0.5) is 19.0 Å². The molecule has 0 radical (unpaired) electrons. The van der Waals surface area contributed by atoms with E-state index in [1.165, 1.54) is 35.2 Å². The minimum absolute atomic E-state index is 0.0706. The third kappa shape index (κ3) is 3.33. The van der Waals surface area contributed by atoms with Gasteiger partial charge in [-0.15, -0.1) is 4.52 Å². The monoisotopic (exact) mass is 442 g/mol. The summed E-state index contributed by atoms with van der Waals surface area (Å²) >= 11 is 5.97. The third-order valence-electron chi connectivity index (χ3n) is 5.46. The van der Waals surface area contributed by atoms with Crippen LogP contribution in [0.5, 0.6) is 0 Å². The number of hydrogen-bond acceptors (Lipinski definition) is 3. The summed E-state index contributed by atoms with van der Waals surface area (Å²) in [7, 11) is 0. The van der Waals surface area contributed by atoms with Gasteiger partial charge in [0.15, 0.2) is 0 Å². The summed E-state index contributed by atoms with van der Waals surface area (Å²) in [5.74, 6) is -3.09.